The lowest BCUT2D eigenvalue weighted by molar-refractivity contribution is 0.581. The maximum atomic E-state index is 12.6. The van der Waals surface area contributed by atoms with E-state index in [4.69, 9.17) is 5.73 Å². The minimum atomic E-state index is -3.63. The van der Waals surface area contributed by atoms with Gasteiger partial charge < -0.3 is 5.73 Å². The zero-order chi connectivity index (χ0) is 19.0. The first-order valence-corrected chi connectivity index (χ1v) is 10.5. The molecule has 4 rings (SSSR count). The van der Waals surface area contributed by atoms with Crippen LogP contribution in [0.1, 0.15) is 11.3 Å². The number of nitrogen functional groups attached to an aromatic ring is 1. The molecule has 2 heterocycles. The molecule has 0 unspecified atom stereocenters. The lowest BCUT2D eigenvalue weighted by Crippen LogP contribution is -2.23. The first-order valence-electron chi connectivity index (χ1n) is 8.19. The molecule has 4 N–H and O–H groups in total. The summed E-state index contributed by atoms with van der Waals surface area (Å²) >= 11 is 1.38. The van der Waals surface area contributed by atoms with Gasteiger partial charge in [-0.15, -0.1) is 11.3 Å². The van der Waals surface area contributed by atoms with Crippen LogP contribution in [0.3, 0.4) is 0 Å². The van der Waals surface area contributed by atoms with Gasteiger partial charge in [-0.2, -0.15) is 5.10 Å². The molecule has 0 atom stereocenters. The number of nitrogens with zero attached hydrogens (tertiary/aromatic N) is 2. The molecule has 0 aliphatic rings. The molecule has 0 aliphatic heterocycles. The topological polar surface area (TPSA) is 114 Å². The molecule has 4 aromatic rings. The molecule has 0 spiro atoms. The highest BCUT2D eigenvalue weighted by Crippen LogP contribution is 2.35. The Morgan fingerprint density at radius 1 is 1.19 bits per heavy atom. The van der Waals surface area contributed by atoms with E-state index in [0.29, 0.717) is 10.8 Å². The van der Waals surface area contributed by atoms with Crippen LogP contribution in [0.15, 0.2) is 53.4 Å². The van der Waals surface area contributed by atoms with Crippen molar-refractivity contribution in [2.75, 3.05) is 5.73 Å². The first kappa shape index (κ1) is 17.7. The Kier molecular flexibility index (Phi) is 4.42. The molecule has 0 fully saturated rings. The van der Waals surface area contributed by atoms with Crippen LogP contribution in [-0.2, 0) is 16.6 Å². The lowest BCUT2D eigenvalue weighted by Gasteiger charge is -2.06. The van der Waals surface area contributed by atoms with Crippen LogP contribution in [0.5, 0.6) is 0 Å². The smallest absolute Gasteiger partial charge is 0.240 e. The fraction of sp³-hybridized carbons (Fsp3) is 0.111. The van der Waals surface area contributed by atoms with Gasteiger partial charge in [0.2, 0.25) is 10.0 Å². The number of aryl methyl sites for hydroxylation is 1. The number of H-pyrrole nitrogens is 1. The van der Waals surface area contributed by atoms with Gasteiger partial charge in [0.05, 0.1) is 20.7 Å². The predicted octanol–water partition coefficient (Wildman–Crippen LogP) is 3.06. The third kappa shape index (κ3) is 3.44. The van der Waals surface area contributed by atoms with E-state index in [9.17, 15) is 8.42 Å². The maximum Gasteiger partial charge on any atom is 0.240 e. The lowest BCUT2D eigenvalue weighted by atomic mass is 10.2. The van der Waals surface area contributed by atoms with Crippen molar-refractivity contribution in [3.8, 4) is 10.6 Å². The number of benzene rings is 2. The van der Waals surface area contributed by atoms with Gasteiger partial charge in [0.15, 0.2) is 5.82 Å². The highest BCUT2D eigenvalue weighted by Gasteiger charge is 2.18. The van der Waals surface area contributed by atoms with Gasteiger partial charge >= 0.3 is 0 Å². The zero-order valence-electron chi connectivity index (χ0n) is 14.4. The molecule has 0 radical (unpaired) electrons. The second-order valence-corrected chi connectivity index (χ2v) is 8.87. The molecular weight excluding hydrogens is 382 g/mol. The third-order valence-corrected chi connectivity index (χ3v) is 6.60. The molecule has 0 amide bonds. The predicted molar refractivity (Wildman–Crippen MR) is 107 cm³/mol. The number of nitrogens with one attached hydrogen (secondary N) is 2. The number of aromatic amines is 1. The normalized spacial score (nSPS) is 11.9. The Hall–Kier alpha value is -2.75. The minimum Gasteiger partial charge on any atom is -0.382 e. The summed E-state index contributed by atoms with van der Waals surface area (Å²) in [7, 11) is -3.63. The summed E-state index contributed by atoms with van der Waals surface area (Å²) < 4.78 is 28.7. The van der Waals surface area contributed by atoms with E-state index in [1.807, 2.05) is 37.3 Å². The SMILES string of the molecule is Cc1[nH]nc(N)c1-c1nc2ccc(S(=O)(=O)NCc3ccccc3)cc2s1. The fourth-order valence-electron chi connectivity index (χ4n) is 2.75. The van der Waals surface area contributed by atoms with Crippen LogP contribution < -0.4 is 10.5 Å². The molecule has 0 aliphatic carbocycles. The van der Waals surface area contributed by atoms with Crippen molar-refractivity contribution >= 4 is 37.4 Å². The summed E-state index contributed by atoms with van der Waals surface area (Å²) in [5.41, 5.74) is 9.10. The summed E-state index contributed by atoms with van der Waals surface area (Å²) in [6.45, 7) is 2.11. The number of fused-ring (bicyclic) bond motifs is 1. The van der Waals surface area contributed by atoms with Crippen LogP contribution in [0.25, 0.3) is 20.8 Å². The van der Waals surface area contributed by atoms with Gasteiger partial charge in [-0.05, 0) is 30.7 Å². The Labute approximate surface area is 160 Å². The summed E-state index contributed by atoms with van der Waals surface area (Å²) in [6.07, 6.45) is 0. The van der Waals surface area contributed by atoms with Crippen LogP contribution in [0.4, 0.5) is 5.82 Å². The quantitative estimate of drug-likeness (QED) is 0.477. The van der Waals surface area contributed by atoms with Crippen molar-refractivity contribution in [1.29, 1.82) is 0 Å². The van der Waals surface area contributed by atoms with Gasteiger partial charge in [-0.1, -0.05) is 30.3 Å². The number of hydrogen-bond donors (Lipinski definition) is 3. The molecule has 0 saturated carbocycles. The highest BCUT2D eigenvalue weighted by molar-refractivity contribution is 7.89. The summed E-state index contributed by atoms with van der Waals surface area (Å²) in [5.74, 6) is 0.379. The standard InChI is InChI=1S/C18H17N5O2S2/c1-11-16(17(19)23-22-11)18-21-14-8-7-13(9-15(14)26-18)27(24,25)20-10-12-5-3-2-4-6-12/h2-9,20H,10H2,1H3,(H3,19,22,23). The maximum absolute atomic E-state index is 12.6. The second-order valence-electron chi connectivity index (χ2n) is 6.07. The van der Waals surface area contributed by atoms with E-state index in [-0.39, 0.29) is 11.4 Å². The van der Waals surface area contributed by atoms with Crippen LogP contribution >= 0.6 is 11.3 Å². The van der Waals surface area contributed by atoms with Crippen LogP contribution in [0.2, 0.25) is 0 Å². The van der Waals surface area contributed by atoms with Gasteiger partial charge in [0.1, 0.15) is 5.01 Å². The Morgan fingerprint density at radius 3 is 2.67 bits per heavy atom. The van der Waals surface area contributed by atoms with Gasteiger partial charge in [0, 0.05) is 12.2 Å². The second kappa shape index (κ2) is 6.76. The van der Waals surface area contributed by atoms with E-state index in [1.54, 1.807) is 18.2 Å². The van der Waals surface area contributed by atoms with Crippen molar-refractivity contribution in [1.82, 2.24) is 19.9 Å². The number of aromatic nitrogens is 3. The Bertz CT molecular complexity index is 1190. The number of thiazole rings is 1. The monoisotopic (exact) mass is 399 g/mol. The molecule has 27 heavy (non-hydrogen) atoms. The van der Waals surface area contributed by atoms with E-state index < -0.39 is 10.0 Å². The van der Waals surface area contributed by atoms with E-state index >= 15 is 0 Å². The number of hydrogen-bond acceptors (Lipinski definition) is 6. The van der Waals surface area contributed by atoms with E-state index in [2.05, 4.69) is 19.9 Å². The number of rotatable bonds is 5. The van der Waals surface area contributed by atoms with Crippen LogP contribution in [-0.4, -0.2) is 23.6 Å². The Balaban J connectivity index is 1.65. The number of anilines is 1. The summed E-state index contributed by atoms with van der Waals surface area (Å²) in [5, 5.41) is 7.53. The average molecular weight is 400 g/mol. The van der Waals surface area contributed by atoms with E-state index in [1.165, 1.54) is 11.3 Å². The fourth-order valence-corrected chi connectivity index (χ4v) is 4.99. The molecule has 2 aromatic carbocycles. The van der Waals surface area contributed by atoms with Crippen molar-refractivity contribution in [3.05, 3.63) is 59.8 Å². The molecule has 0 saturated heterocycles. The molecule has 138 valence electrons. The summed E-state index contributed by atoms with van der Waals surface area (Å²) in [6, 6.07) is 14.3. The number of nitrogens with two attached hydrogens (primary N) is 1. The average Bonchev–Trinajstić information content (AvgIpc) is 3.22. The number of sulfonamides is 1. The molecule has 2 aromatic heterocycles. The van der Waals surface area contributed by atoms with E-state index in [0.717, 1.165) is 27.0 Å². The van der Waals surface area contributed by atoms with Gasteiger partial charge in [0.25, 0.3) is 0 Å². The van der Waals surface area contributed by atoms with Crippen LogP contribution in [0, 0.1) is 6.92 Å². The third-order valence-electron chi connectivity index (χ3n) is 4.17. The zero-order valence-corrected chi connectivity index (χ0v) is 16.1. The Morgan fingerprint density at radius 2 is 1.96 bits per heavy atom. The molecule has 9 heteroatoms. The minimum absolute atomic E-state index is 0.206. The van der Waals surface area contributed by atoms with Gasteiger partial charge in [-0.3, -0.25) is 5.10 Å². The molecule has 7 nitrogen and oxygen atoms in total. The van der Waals surface area contributed by atoms with Crippen molar-refractivity contribution in [3.63, 3.8) is 0 Å². The van der Waals surface area contributed by atoms with Crippen molar-refractivity contribution in [2.24, 2.45) is 0 Å². The highest BCUT2D eigenvalue weighted by atomic mass is 32.2. The van der Waals surface area contributed by atoms with Crippen molar-refractivity contribution < 1.29 is 8.42 Å². The largest absolute Gasteiger partial charge is 0.382 e. The molecule has 0 bridgehead atoms. The van der Waals surface area contributed by atoms with Gasteiger partial charge in [-0.25, -0.2) is 18.1 Å². The van der Waals surface area contributed by atoms with Crippen molar-refractivity contribution in [2.45, 2.75) is 18.4 Å². The first-order chi connectivity index (χ1) is 12.9. The molecular formula is C18H17N5O2S2. The summed E-state index contributed by atoms with van der Waals surface area (Å²) in [4.78, 5) is 4.76.